The number of nitrogens with zero attached hydrogens (tertiary/aromatic N) is 2. The third kappa shape index (κ3) is 3.37. The normalized spacial score (nSPS) is 16.4. The van der Waals surface area contributed by atoms with Crippen molar-refractivity contribution in [2.75, 3.05) is 18.2 Å². The summed E-state index contributed by atoms with van der Waals surface area (Å²) >= 11 is 5.14. The van der Waals surface area contributed by atoms with Crippen LogP contribution in [0.3, 0.4) is 0 Å². The number of hydrogen-bond acceptors (Lipinski definition) is 4. The number of fused-ring (bicyclic) bond motifs is 1. The highest BCUT2D eigenvalue weighted by Gasteiger charge is 2.32. The van der Waals surface area contributed by atoms with Crippen molar-refractivity contribution in [2.45, 2.75) is 12.2 Å². The molecule has 1 aliphatic heterocycles. The Kier molecular flexibility index (Phi) is 4.97. The molecular weight excluding hydrogens is 426 g/mol. The van der Waals surface area contributed by atoms with Gasteiger partial charge in [0.15, 0.2) is 0 Å². The highest BCUT2D eigenvalue weighted by Crippen LogP contribution is 2.47. The van der Waals surface area contributed by atoms with Crippen LogP contribution in [0.1, 0.15) is 22.1 Å². The molecule has 2 aromatic carbocycles. The molecule has 1 N–H and O–H groups in total. The predicted octanol–water partition coefficient (Wildman–Crippen LogP) is 4.73. The largest absolute Gasteiger partial charge is 0.496 e. The molecule has 0 saturated heterocycles. The van der Waals surface area contributed by atoms with E-state index in [0.717, 1.165) is 38.5 Å². The Labute approximate surface area is 170 Å². The van der Waals surface area contributed by atoms with Gasteiger partial charge in [0, 0.05) is 15.6 Å². The second kappa shape index (κ2) is 7.40. The van der Waals surface area contributed by atoms with Gasteiger partial charge in [-0.05, 0) is 37.3 Å². The molecule has 7 heteroatoms. The van der Waals surface area contributed by atoms with Crippen LogP contribution < -0.4 is 10.1 Å². The molecule has 0 unspecified atom stereocenters. The highest BCUT2D eigenvalue weighted by atomic mass is 79.9. The van der Waals surface area contributed by atoms with E-state index in [2.05, 4.69) is 27.3 Å². The van der Waals surface area contributed by atoms with E-state index >= 15 is 0 Å². The van der Waals surface area contributed by atoms with Crippen LogP contribution in [-0.4, -0.2) is 28.6 Å². The summed E-state index contributed by atoms with van der Waals surface area (Å²) in [5.41, 5.74) is 3.82. The number of halogens is 1. The van der Waals surface area contributed by atoms with Crippen LogP contribution >= 0.6 is 27.7 Å². The predicted molar refractivity (Wildman–Crippen MR) is 112 cm³/mol. The molecule has 27 heavy (non-hydrogen) atoms. The first-order valence-electron chi connectivity index (χ1n) is 8.48. The van der Waals surface area contributed by atoms with Gasteiger partial charge in [0.2, 0.25) is 5.91 Å². The number of aryl methyl sites for hydroxylation is 1. The summed E-state index contributed by atoms with van der Waals surface area (Å²) in [5, 5.41) is 7.71. The van der Waals surface area contributed by atoms with Gasteiger partial charge in [-0.15, -0.1) is 11.8 Å². The molecular formula is C20H18BrN3O2S. The molecule has 5 nitrogen and oxygen atoms in total. The topological polar surface area (TPSA) is 56.1 Å². The Balaban J connectivity index is 1.93. The minimum Gasteiger partial charge on any atom is -0.496 e. The Morgan fingerprint density at radius 1 is 1.26 bits per heavy atom. The average Bonchev–Trinajstić information content (AvgIpc) is 2.88. The minimum atomic E-state index is -0.0659. The number of methoxy groups -OCH3 is 1. The van der Waals surface area contributed by atoms with Crippen LogP contribution in [0.15, 0.2) is 53.0 Å². The van der Waals surface area contributed by atoms with Gasteiger partial charge < -0.3 is 10.1 Å². The van der Waals surface area contributed by atoms with E-state index in [9.17, 15) is 4.79 Å². The molecule has 0 saturated carbocycles. The molecule has 0 bridgehead atoms. The maximum atomic E-state index is 12.4. The Bertz CT molecular complexity index is 1000. The van der Waals surface area contributed by atoms with Gasteiger partial charge in [0.1, 0.15) is 11.6 Å². The van der Waals surface area contributed by atoms with Gasteiger partial charge in [-0.2, -0.15) is 5.10 Å². The summed E-state index contributed by atoms with van der Waals surface area (Å²) in [4.78, 5) is 12.4. The summed E-state index contributed by atoms with van der Waals surface area (Å²) < 4.78 is 8.38. The van der Waals surface area contributed by atoms with Crippen LogP contribution in [0, 0.1) is 6.92 Å². The number of hydrogen-bond donors (Lipinski definition) is 1. The maximum absolute atomic E-state index is 12.4. The van der Waals surface area contributed by atoms with Gasteiger partial charge in [0.25, 0.3) is 0 Å². The van der Waals surface area contributed by atoms with Crippen molar-refractivity contribution < 1.29 is 9.53 Å². The number of aromatic nitrogens is 2. The molecule has 0 radical (unpaired) electrons. The molecule has 0 aliphatic carbocycles. The summed E-state index contributed by atoms with van der Waals surface area (Å²) in [6.07, 6.45) is 0. The molecule has 138 valence electrons. The Morgan fingerprint density at radius 2 is 2.04 bits per heavy atom. The molecule has 1 amide bonds. The standard InChI is InChI=1S/C20H18BrN3O2S/c1-12-18-19(15-10-13(21)8-9-16(15)26-2)27-11-17(25)22-20(18)24(23-12)14-6-4-3-5-7-14/h3-10,19H,11H2,1-2H3,(H,22,25)/t19-/m0/s1. The zero-order valence-electron chi connectivity index (χ0n) is 14.9. The first-order valence-corrected chi connectivity index (χ1v) is 10.3. The van der Waals surface area contributed by atoms with Crippen molar-refractivity contribution in [1.82, 2.24) is 9.78 Å². The summed E-state index contributed by atoms with van der Waals surface area (Å²) in [7, 11) is 1.67. The lowest BCUT2D eigenvalue weighted by molar-refractivity contribution is -0.113. The number of benzene rings is 2. The van der Waals surface area contributed by atoms with Crippen molar-refractivity contribution in [3.05, 3.63) is 69.8 Å². The van der Waals surface area contributed by atoms with Crippen molar-refractivity contribution >= 4 is 39.4 Å². The molecule has 1 aromatic heterocycles. The zero-order chi connectivity index (χ0) is 19.0. The molecule has 1 aliphatic rings. The van der Waals surface area contributed by atoms with Gasteiger partial charge >= 0.3 is 0 Å². The van der Waals surface area contributed by atoms with Crippen LogP contribution in [0.4, 0.5) is 5.82 Å². The lowest BCUT2D eigenvalue weighted by Crippen LogP contribution is -2.15. The zero-order valence-corrected chi connectivity index (χ0v) is 17.3. The molecule has 0 fully saturated rings. The number of ether oxygens (including phenoxy) is 1. The number of amides is 1. The number of carbonyl (C=O) groups excluding carboxylic acids is 1. The number of rotatable bonds is 3. The second-order valence-electron chi connectivity index (χ2n) is 6.22. The first-order chi connectivity index (χ1) is 13.1. The number of carbonyl (C=O) groups is 1. The van der Waals surface area contributed by atoms with Crippen molar-refractivity contribution in [3.8, 4) is 11.4 Å². The number of nitrogens with one attached hydrogen (secondary N) is 1. The SMILES string of the molecule is COc1ccc(Br)cc1[C@@H]1SCC(=O)Nc2c1c(C)nn2-c1ccccc1. The summed E-state index contributed by atoms with van der Waals surface area (Å²) in [6, 6.07) is 15.8. The van der Waals surface area contributed by atoms with Gasteiger partial charge in [-0.1, -0.05) is 34.1 Å². The van der Waals surface area contributed by atoms with Crippen LogP contribution in [-0.2, 0) is 4.79 Å². The van der Waals surface area contributed by atoms with Gasteiger partial charge in [0.05, 0.1) is 29.5 Å². The summed E-state index contributed by atoms with van der Waals surface area (Å²) in [5.74, 6) is 1.85. The van der Waals surface area contributed by atoms with Crippen LogP contribution in [0.2, 0.25) is 0 Å². The van der Waals surface area contributed by atoms with Crippen LogP contribution in [0.5, 0.6) is 5.75 Å². The van der Waals surface area contributed by atoms with Crippen molar-refractivity contribution in [1.29, 1.82) is 0 Å². The smallest absolute Gasteiger partial charge is 0.235 e. The van der Waals surface area contributed by atoms with Gasteiger partial charge in [-0.25, -0.2) is 4.68 Å². The second-order valence-corrected chi connectivity index (χ2v) is 8.23. The van der Waals surface area contributed by atoms with Gasteiger partial charge in [-0.3, -0.25) is 4.79 Å². The highest BCUT2D eigenvalue weighted by molar-refractivity contribution is 9.10. The lowest BCUT2D eigenvalue weighted by Gasteiger charge is -2.18. The first kappa shape index (κ1) is 18.1. The number of anilines is 1. The fourth-order valence-corrected chi connectivity index (χ4v) is 4.88. The number of para-hydroxylation sites is 1. The van der Waals surface area contributed by atoms with Crippen molar-refractivity contribution in [3.63, 3.8) is 0 Å². The fourth-order valence-electron chi connectivity index (χ4n) is 3.30. The quantitative estimate of drug-likeness (QED) is 0.635. The maximum Gasteiger partial charge on any atom is 0.235 e. The molecule has 3 aromatic rings. The average molecular weight is 444 g/mol. The molecule has 0 spiro atoms. The Morgan fingerprint density at radius 3 is 2.78 bits per heavy atom. The fraction of sp³-hybridized carbons (Fsp3) is 0.200. The monoisotopic (exact) mass is 443 g/mol. The third-order valence-corrected chi connectivity index (χ3v) is 6.23. The van der Waals surface area contributed by atoms with E-state index in [-0.39, 0.29) is 11.2 Å². The van der Waals surface area contributed by atoms with E-state index in [4.69, 9.17) is 9.84 Å². The van der Waals surface area contributed by atoms with E-state index in [1.165, 1.54) is 0 Å². The molecule has 2 heterocycles. The minimum absolute atomic E-state index is 0.0326. The molecule has 1 atom stereocenters. The van der Waals surface area contributed by atoms with E-state index in [1.807, 2.05) is 54.1 Å². The molecule has 4 rings (SSSR count). The lowest BCUT2D eigenvalue weighted by atomic mass is 10.0. The van der Waals surface area contributed by atoms with E-state index in [0.29, 0.717) is 5.75 Å². The number of thioether (sulfide) groups is 1. The van der Waals surface area contributed by atoms with Crippen LogP contribution in [0.25, 0.3) is 5.69 Å². The van der Waals surface area contributed by atoms with Crippen molar-refractivity contribution in [2.24, 2.45) is 0 Å². The van der Waals surface area contributed by atoms with E-state index in [1.54, 1.807) is 18.9 Å². The third-order valence-electron chi connectivity index (χ3n) is 4.48. The Hall–Kier alpha value is -2.25. The summed E-state index contributed by atoms with van der Waals surface area (Å²) in [6.45, 7) is 1.98. The van der Waals surface area contributed by atoms with E-state index < -0.39 is 0 Å².